The molecule has 21 saturated heterocycles. The largest absolute Gasteiger partial charge is 0.394 e. The number of ether oxygens (including phenoxy) is 16. The normalized spacial score (nSPS) is 39.6. The second-order valence-electron chi connectivity index (χ2n) is 29.7. The van der Waals surface area contributed by atoms with Crippen molar-refractivity contribution in [2.45, 2.75) is 251 Å². The summed E-state index contributed by atoms with van der Waals surface area (Å²) in [6.45, 7) is -3.50. The first-order valence-electron chi connectivity index (χ1n) is 39.5. The summed E-state index contributed by atoms with van der Waals surface area (Å²) in [6.07, 6.45) is -68.1. The van der Waals surface area contributed by atoms with Crippen molar-refractivity contribution in [2.75, 3.05) is 114 Å². The molecule has 21 fully saturated rings. The van der Waals surface area contributed by atoms with Crippen LogP contribution in [0.25, 0.3) is 0 Å². The van der Waals surface area contributed by atoms with Crippen LogP contribution < -0.4 is 16.0 Å². The highest BCUT2D eigenvalue weighted by Gasteiger charge is 2.61. The number of pyridine rings is 1. The number of aliphatic hydroxyl groups is 19. The third-order valence-corrected chi connectivity index (χ3v) is 28.0. The van der Waals surface area contributed by atoms with E-state index in [4.69, 9.17) is 75.8 Å². The van der Waals surface area contributed by atoms with Crippen LogP contribution in [0.3, 0.4) is 0 Å². The molecule has 1 aromatic carbocycles. The van der Waals surface area contributed by atoms with Crippen molar-refractivity contribution in [2.24, 2.45) is 5.92 Å². The first-order chi connectivity index (χ1) is 58.5. The monoisotopic (exact) mass is 1860 g/mol. The van der Waals surface area contributed by atoms with Gasteiger partial charge in [0, 0.05) is 78.0 Å². The Balaban J connectivity index is 0.905. The van der Waals surface area contributed by atoms with Crippen molar-refractivity contribution in [3.8, 4) is 0 Å². The molecule has 694 valence electrons. The van der Waals surface area contributed by atoms with Crippen molar-refractivity contribution >= 4 is 90.1 Å². The van der Waals surface area contributed by atoms with Crippen LogP contribution in [0.4, 0.5) is 0 Å². The Bertz CT molecular complexity index is 3460. The number of hydrogen-bond acceptors (Lipinski definition) is 47. The van der Waals surface area contributed by atoms with E-state index in [0.717, 1.165) is 28.4 Å². The van der Waals surface area contributed by atoms with E-state index in [0.29, 0.717) is 16.5 Å². The maximum atomic E-state index is 14.1. The fourth-order valence-corrected chi connectivity index (χ4v) is 20.2. The molecule has 0 saturated carbocycles. The highest BCUT2D eigenvalue weighted by Crippen LogP contribution is 2.41. The zero-order chi connectivity index (χ0) is 88.1. The second kappa shape index (κ2) is 49.5. The molecule has 13 unspecified atom stereocenters. The lowest BCUT2D eigenvalue weighted by atomic mass is 9.95. The Labute approximate surface area is 724 Å². The Morgan fingerprint density at radius 1 is 0.467 bits per heavy atom. The number of thioether (sulfide) groups is 2. The maximum absolute atomic E-state index is 14.1. The zero-order valence-corrected chi connectivity index (χ0v) is 71.0. The zero-order valence-electron chi connectivity index (χ0n) is 66.1. The summed E-state index contributed by atoms with van der Waals surface area (Å²) in [5.41, 5.74) is 0. The fourth-order valence-electron chi connectivity index (χ4n) is 14.1. The molecule has 22 heterocycles. The van der Waals surface area contributed by atoms with E-state index in [1.165, 1.54) is 57.1 Å². The van der Waals surface area contributed by atoms with E-state index in [1.807, 2.05) is 36.4 Å². The van der Waals surface area contributed by atoms with Gasteiger partial charge in [-0.2, -0.15) is 23.5 Å². The van der Waals surface area contributed by atoms with Crippen LogP contribution in [-0.4, -0.2) is 454 Å². The van der Waals surface area contributed by atoms with Gasteiger partial charge in [0.2, 0.25) is 17.6 Å². The Morgan fingerprint density at radius 3 is 1.31 bits per heavy atom. The third-order valence-electron chi connectivity index (χ3n) is 21.0. The molecular formula is C73H112N4O39S6. The van der Waals surface area contributed by atoms with Crippen LogP contribution in [0.15, 0.2) is 64.6 Å². The molecule has 0 spiro atoms. The number of rotatable bonds is 36. The lowest BCUT2D eigenvalue weighted by molar-refractivity contribution is -0.432. The molecule has 21 aliphatic rings. The van der Waals surface area contributed by atoms with E-state index in [9.17, 15) is 116 Å². The van der Waals surface area contributed by atoms with Crippen molar-refractivity contribution in [3.05, 3.63) is 54.7 Å². The number of nitrogens with zero attached hydrogens (tertiary/aromatic N) is 1. The van der Waals surface area contributed by atoms with Crippen molar-refractivity contribution in [1.82, 2.24) is 20.9 Å². The molecule has 23 rings (SSSR count). The van der Waals surface area contributed by atoms with Gasteiger partial charge in [0.25, 0.3) is 0 Å². The second-order valence-corrected chi connectivity index (χ2v) is 36.8. The van der Waals surface area contributed by atoms with Crippen LogP contribution in [0, 0.1) is 5.92 Å². The molecular weight excluding hydrogens is 1750 g/mol. The molecule has 21 aliphatic heterocycles. The number of likely N-dealkylation sites (N-methyl/N-ethyl adjacent to an activating group) is 1. The van der Waals surface area contributed by atoms with E-state index >= 15 is 0 Å². The van der Waals surface area contributed by atoms with Crippen molar-refractivity contribution in [3.63, 3.8) is 0 Å². The number of benzene rings is 1. The van der Waals surface area contributed by atoms with Gasteiger partial charge in [0.15, 0.2) is 44.0 Å². The first kappa shape index (κ1) is 101. The van der Waals surface area contributed by atoms with Gasteiger partial charge < -0.3 is 189 Å². The van der Waals surface area contributed by atoms with Gasteiger partial charge in [-0.1, -0.05) is 56.6 Å². The van der Waals surface area contributed by atoms with Crippen LogP contribution in [0.1, 0.15) is 26.2 Å². The topological polar surface area (TPSA) is 649 Å². The maximum Gasteiger partial charge on any atom is 0.238 e. The summed E-state index contributed by atoms with van der Waals surface area (Å²) in [5.74, 6) is -5.67. The Hall–Kier alpha value is -2.69. The minimum atomic E-state index is -3.14. The lowest BCUT2D eigenvalue weighted by Crippen LogP contribution is -2.69. The number of hydrogen-bond donors (Lipinski definition) is 22. The summed E-state index contributed by atoms with van der Waals surface area (Å²) in [6, 6.07) is 14.0. The van der Waals surface area contributed by atoms with Gasteiger partial charge in [-0.15, -0.1) is 0 Å². The summed E-state index contributed by atoms with van der Waals surface area (Å²) in [4.78, 5) is 58.0. The third kappa shape index (κ3) is 26.8. The summed E-state index contributed by atoms with van der Waals surface area (Å²) < 4.78 is 94.6. The fraction of sp³-hybridized carbons (Fsp3) is 0.795. The predicted octanol–water partition coefficient (Wildman–Crippen LogP) is -8.72. The molecule has 2 aromatic rings. The highest BCUT2D eigenvalue weighted by molar-refractivity contribution is 8.77. The number of Topliss-reactive ketones (excluding diaryl/α,β-unsaturated/α-hetero) is 2. The van der Waals surface area contributed by atoms with E-state index < -0.39 is 277 Å². The molecule has 49 heteroatoms. The van der Waals surface area contributed by atoms with E-state index in [-0.39, 0.29) is 81.8 Å². The lowest BCUT2D eigenvalue weighted by Gasteiger charge is -2.50. The number of ketones is 2. The number of aliphatic hydroxyl groups excluding tert-OH is 18. The highest BCUT2D eigenvalue weighted by atomic mass is 33.1. The van der Waals surface area contributed by atoms with Crippen LogP contribution in [0.5, 0.6) is 0 Å². The smallest absolute Gasteiger partial charge is 0.238 e. The number of aromatic nitrogens is 1. The molecule has 122 heavy (non-hydrogen) atoms. The van der Waals surface area contributed by atoms with Gasteiger partial charge in [0.05, 0.1) is 77.0 Å². The number of nitrogens with one attached hydrogen (secondary N) is 3. The van der Waals surface area contributed by atoms with Gasteiger partial charge in [-0.05, 0) is 49.0 Å². The molecule has 0 aliphatic carbocycles. The molecule has 22 N–H and O–H groups in total. The van der Waals surface area contributed by atoms with Gasteiger partial charge in [0.1, 0.15) is 170 Å². The minimum absolute atomic E-state index is 0.0190. The number of carbonyl (C=O) groups excluding carboxylic acids is 4. The quantitative estimate of drug-likeness (QED) is 0.0223. The van der Waals surface area contributed by atoms with Gasteiger partial charge in [-0.25, -0.2) is 4.98 Å². The minimum Gasteiger partial charge on any atom is -0.394 e. The molecule has 0 radical (unpaired) electrons. The van der Waals surface area contributed by atoms with E-state index in [2.05, 4.69) is 20.9 Å². The molecule has 1 aromatic heterocycles. The Kier molecular flexibility index (Phi) is 41.2. The van der Waals surface area contributed by atoms with Crippen molar-refractivity contribution in [1.29, 1.82) is 0 Å². The average molecular weight is 1860 g/mol. The van der Waals surface area contributed by atoms with Gasteiger partial charge >= 0.3 is 0 Å². The summed E-state index contributed by atoms with van der Waals surface area (Å²) >= 11 is 1.96. The summed E-state index contributed by atoms with van der Waals surface area (Å²) in [5, 5.41) is 231. The van der Waals surface area contributed by atoms with E-state index in [1.54, 1.807) is 18.3 Å². The summed E-state index contributed by atoms with van der Waals surface area (Å²) in [7, 11) is 7.29. The number of amides is 2. The van der Waals surface area contributed by atoms with Crippen LogP contribution in [0.2, 0.25) is 0 Å². The predicted molar refractivity (Wildman–Crippen MR) is 425 cm³/mol. The molecule has 36 atom stereocenters. The Morgan fingerprint density at radius 2 is 0.869 bits per heavy atom. The molecule has 14 bridgehead atoms. The SMILES string of the molecule is CN[C@H](CSCC1O[C@@H]2O[C@@H]3C(CO)O[C@H](O[C@]4(O)CO[C@H](O[C@@H]5C(CO)O[C@H](O[C@@H]6C(CSC[C@@H](CC(=O)CCOCCOCCC(C)=O)C(=O)NCCSSc7ccccn7)O[C@H](O[C@H]7C(CO)O[C@@H](O[C@@H]8C(CO)O[C@H](O[C@H]1[C@H](O)C2O)C(O)[C@H]8O)C(O)[C@H]7O)C(O)[C@H]6O)C(O)[C@H]5O)C(O)[C@H]4O)C(O)[C@H]3O)C(=O)NCCSSc1ccccc1. The van der Waals surface area contributed by atoms with Gasteiger partial charge in [-0.3, -0.25) is 19.2 Å². The van der Waals surface area contributed by atoms with Crippen LogP contribution >= 0.6 is 66.7 Å². The van der Waals surface area contributed by atoms with Crippen LogP contribution in [-0.2, 0) is 95.0 Å². The molecule has 43 nitrogen and oxygen atoms in total. The number of carbonyl (C=O) groups is 4. The van der Waals surface area contributed by atoms with Crippen molar-refractivity contribution < 1.29 is 192 Å². The standard InChI is InChI=1S/C73H112N4O39S6/c1-32(82)11-16-101-18-19-102-17-12-34(83)22-33(64(98)76-14-21-120-122-43-10-6-7-13-75-43)27-117-29-41-61-47(87)53(93)70(108-41)112-59-39(25-80)105-67(51(91)45(59)85)111-58-38(24-79)106-69(52(92)46(58)86)115-62-42(30-118-28-36(74-2)65(99)77-15-20-119-121-35-8-4-3-5-9-35)109-71(54(94)48(62)88)113-60-40(26-81)107-72(55(95)49(60)89)116-73(100)31-103-66(56(96)63(73)97)110-57-37(23-78)104-68(114-61)50(90)44(57)84/h3-10,13,33,36-42,44-63,66-72,74,78-81,84-97,100H,11-12,14-31H2,1-2H3,(H,76,98)(H,77,99)/t33-,36-,37?,38?,39?,40?,41?,42?,44-,45-,46-,47-,48-,49-,50?,51?,52?,53?,54?,55?,56?,57-,58-,59+,60-,61-,62-,63-,66-,67+,68-,69-,70-,71-,72-,73-/m1/s1. The first-order valence-corrected chi connectivity index (χ1v) is 46.4. The molecule has 2 amide bonds. The average Bonchev–Trinajstić information content (AvgIpc) is 0.793.